The molecule has 0 fully saturated rings. The van der Waals surface area contributed by atoms with Crippen molar-refractivity contribution in [3.63, 3.8) is 0 Å². The molecular weight excluding hydrogens is 599 g/mol. The molecule has 1 unspecified atom stereocenters. The maximum Gasteiger partial charge on any atom is 0.269 e. The van der Waals surface area contributed by atoms with Crippen molar-refractivity contribution in [1.29, 1.82) is 0 Å². The van der Waals surface area contributed by atoms with E-state index in [1.807, 2.05) is 11.8 Å². The summed E-state index contributed by atoms with van der Waals surface area (Å²) in [6.07, 6.45) is 3.09. The van der Waals surface area contributed by atoms with Crippen LogP contribution in [0.4, 0.5) is 11.8 Å². The van der Waals surface area contributed by atoms with Crippen LogP contribution in [0, 0.1) is 6.92 Å². The fourth-order valence-electron chi connectivity index (χ4n) is 4.69. The SMILES string of the molecule is Cc1ccc(S(=O)(=O)n2ccc3c(Cl)c(CN4CC(CO[Si](C)(C)C(C)(C)C)c5c(Cl)nc(N)nc54)cnc32)cc1. The number of hydrogen-bond donors (Lipinski definition) is 1. The van der Waals surface area contributed by atoms with Crippen molar-refractivity contribution < 1.29 is 12.8 Å². The first-order valence-corrected chi connectivity index (χ1v) is 18.4. The molecule has 0 aliphatic carbocycles. The molecule has 0 spiro atoms. The lowest BCUT2D eigenvalue weighted by Crippen LogP contribution is -2.42. The number of rotatable bonds is 7. The van der Waals surface area contributed by atoms with Crippen LogP contribution in [0.2, 0.25) is 28.3 Å². The van der Waals surface area contributed by atoms with Crippen LogP contribution >= 0.6 is 23.2 Å². The van der Waals surface area contributed by atoms with Crippen LogP contribution in [0.15, 0.2) is 47.6 Å². The third kappa shape index (κ3) is 5.45. The van der Waals surface area contributed by atoms with Crippen molar-refractivity contribution in [2.45, 2.75) is 63.2 Å². The first kappa shape index (κ1) is 29.8. The minimum absolute atomic E-state index is 0.0524. The Bertz CT molecular complexity index is 1740. The van der Waals surface area contributed by atoms with Crippen molar-refractivity contribution in [3.8, 4) is 0 Å². The monoisotopic (exact) mass is 632 g/mol. The Hall–Kier alpha value is -2.70. The van der Waals surface area contributed by atoms with Gasteiger partial charge in [-0.3, -0.25) is 0 Å². The molecule has 0 amide bonds. The summed E-state index contributed by atoms with van der Waals surface area (Å²) < 4.78 is 34.4. The Kier molecular flexibility index (Phi) is 7.65. The van der Waals surface area contributed by atoms with Gasteiger partial charge in [0.15, 0.2) is 14.0 Å². The van der Waals surface area contributed by atoms with Gasteiger partial charge < -0.3 is 15.1 Å². The van der Waals surface area contributed by atoms with Gasteiger partial charge in [0, 0.05) is 54.5 Å². The summed E-state index contributed by atoms with van der Waals surface area (Å²) in [5, 5.41) is 1.34. The first-order valence-electron chi connectivity index (χ1n) is 13.3. The van der Waals surface area contributed by atoms with Gasteiger partial charge in [0.1, 0.15) is 11.0 Å². The van der Waals surface area contributed by atoms with E-state index in [0.717, 1.165) is 20.7 Å². The van der Waals surface area contributed by atoms with E-state index in [9.17, 15) is 8.42 Å². The van der Waals surface area contributed by atoms with E-state index in [4.69, 9.17) is 33.4 Å². The minimum atomic E-state index is -3.85. The molecule has 4 heterocycles. The normalized spacial score (nSPS) is 16.0. The summed E-state index contributed by atoms with van der Waals surface area (Å²) in [5.74, 6) is 0.674. The van der Waals surface area contributed by atoms with Gasteiger partial charge in [-0.2, -0.15) is 4.98 Å². The van der Waals surface area contributed by atoms with E-state index in [0.29, 0.717) is 41.1 Å². The van der Waals surface area contributed by atoms with Gasteiger partial charge in [-0.25, -0.2) is 22.4 Å². The number of anilines is 2. The van der Waals surface area contributed by atoms with Crippen molar-refractivity contribution in [3.05, 3.63) is 69.6 Å². The van der Waals surface area contributed by atoms with Crippen LogP contribution in [0.5, 0.6) is 0 Å². The molecule has 13 heteroatoms. The Morgan fingerprint density at radius 2 is 1.80 bits per heavy atom. The molecule has 218 valence electrons. The molecule has 2 N–H and O–H groups in total. The molecule has 41 heavy (non-hydrogen) atoms. The Morgan fingerprint density at radius 3 is 2.46 bits per heavy atom. The predicted octanol–water partition coefficient (Wildman–Crippen LogP) is 6.39. The van der Waals surface area contributed by atoms with Crippen LogP contribution < -0.4 is 10.6 Å². The van der Waals surface area contributed by atoms with Gasteiger partial charge in [-0.1, -0.05) is 61.7 Å². The van der Waals surface area contributed by atoms with Crippen molar-refractivity contribution in [2.75, 3.05) is 23.8 Å². The number of halogens is 2. The summed E-state index contributed by atoms with van der Waals surface area (Å²) in [6, 6.07) is 8.36. The third-order valence-corrected chi connectivity index (χ3v) is 15.0. The summed E-state index contributed by atoms with van der Waals surface area (Å²) >= 11 is 13.5. The fraction of sp³-hybridized carbons (Fsp3) is 0.393. The van der Waals surface area contributed by atoms with Gasteiger partial charge in [0.25, 0.3) is 10.0 Å². The van der Waals surface area contributed by atoms with Crippen LogP contribution in [0.1, 0.15) is 43.4 Å². The number of hydrogen-bond acceptors (Lipinski definition) is 8. The highest BCUT2D eigenvalue weighted by Gasteiger charge is 2.40. The summed E-state index contributed by atoms with van der Waals surface area (Å²) in [7, 11) is -5.86. The second-order valence-corrected chi connectivity index (χ2v) is 19.4. The molecule has 4 aromatic rings. The van der Waals surface area contributed by atoms with Crippen molar-refractivity contribution in [1.82, 2.24) is 18.9 Å². The van der Waals surface area contributed by atoms with E-state index in [-0.39, 0.29) is 27.4 Å². The number of benzene rings is 1. The number of aryl methyl sites for hydroxylation is 1. The van der Waals surface area contributed by atoms with Crippen LogP contribution in [-0.4, -0.2) is 48.8 Å². The predicted molar refractivity (Wildman–Crippen MR) is 167 cm³/mol. The van der Waals surface area contributed by atoms with Gasteiger partial charge in [0.05, 0.1) is 9.92 Å². The Morgan fingerprint density at radius 1 is 1.12 bits per heavy atom. The molecule has 9 nitrogen and oxygen atoms in total. The lowest BCUT2D eigenvalue weighted by molar-refractivity contribution is 0.267. The largest absolute Gasteiger partial charge is 0.416 e. The van der Waals surface area contributed by atoms with Gasteiger partial charge >= 0.3 is 0 Å². The van der Waals surface area contributed by atoms with E-state index in [1.165, 1.54) is 6.20 Å². The summed E-state index contributed by atoms with van der Waals surface area (Å²) in [4.78, 5) is 15.5. The maximum atomic E-state index is 13.4. The Labute approximate surface area is 251 Å². The van der Waals surface area contributed by atoms with Gasteiger partial charge in [0.2, 0.25) is 5.95 Å². The molecular formula is C28H34Cl2N6O3SSi. The molecule has 5 rings (SSSR count). The number of nitrogen functional groups attached to an aromatic ring is 1. The molecule has 1 aromatic carbocycles. The lowest BCUT2D eigenvalue weighted by Gasteiger charge is -2.37. The first-order chi connectivity index (χ1) is 19.1. The van der Waals surface area contributed by atoms with E-state index in [1.54, 1.807) is 36.5 Å². The zero-order valence-corrected chi connectivity index (χ0v) is 27.3. The van der Waals surface area contributed by atoms with Gasteiger partial charge in [-0.15, -0.1) is 0 Å². The zero-order chi connectivity index (χ0) is 29.9. The van der Waals surface area contributed by atoms with Gasteiger partial charge in [-0.05, 0) is 43.3 Å². The average Bonchev–Trinajstić information content (AvgIpc) is 3.47. The molecule has 1 aliphatic heterocycles. The number of nitrogens with two attached hydrogens (primary N) is 1. The molecule has 3 aromatic heterocycles. The number of fused-ring (bicyclic) bond motifs is 2. The van der Waals surface area contributed by atoms with Crippen LogP contribution in [-0.2, 0) is 21.0 Å². The minimum Gasteiger partial charge on any atom is -0.416 e. The number of pyridine rings is 1. The highest BCUT2D eigenvalue weighted by molar-refractivity contribution is 7.90. The molecule has 0 saturated heterocycles. The second-order valence-electron chi connectivity index (χ2n) is 12.0. The molecule has 1 aliphatic rings. The highest BCUT2D eigenvalue weighted by Crippen LogP contribution is 2.43. The van der Waals surface area contributed by atoms with E-state index < -0.39 is 18.3 Å². The quantitative estimate of drug-likeness (QED) is 0.184. The number of nitrogens with zero attached hydrogens (tertiary/aromatic N) is 5. The summed E-state index contributed by atoms with van der Waals surface area (Å²) in [6.45, 7) is 14.4. The van der Waals surface area contributed by atoms with Crippen molar-refractivity contribution >= 4 is 64.3 Å². The molecule has 0 bridgehead atoms. The molecule has 0 radical (unpaired) electrons. The fourth-order valence-corrected chi connectivity index (χ4v) is 7.62. The van der Waals surface area contributed by atoms with Crippen LogP contribution in [0.25, 0.3) is 11.0 Å². The maximum absolute atomic E-state index is 13.4. The number of aromatic nitrogens is 4. The Balaban J connectivity index is 1.46. The van der Waals surface area contributed by atoms with E-state index in [2.05, 4.69) is 48.8 Å². The second kappa shape index (κ2) is 10.5. The van der Waals surface area contributed by atoms with E-state index >= 15 is 0 Å². The standard InChI is InChI=1S/C28H34Cl2N6O3SSi/c1-17-7-9-20(10-8-17)40(37,38)36-12-11-21-23(29)18(13-32-25(21)36)14-35-15-19(16-39-41(5,6)28(2,3)4)22-24(30)33-27(31)34-26(22)35/h7-13,19H,14-16H2,1-6H3,(H2,31,33,34). The lowest BCUT2D eigenvalue weighted by atomic mass is 10.1. The summed E-state index contributed by atoms with van der Waals surface area (Å²) in [5.41, 5.74) is 8.74. The third-order valence-electron chi connectivity index (χ3n) is 8.12. The molecule has 1 atom stereocenters. The molecule has 0 saturated carbocycles. The van der Waals surface area contributed by atoms with Crippen molar-refractivity contribution in [2.24, 2.45) is 0 Å². The average molecular weight is 634 g/mol. The topological polar surface area (TPSA) is 116 Å². The zero-order valence-electron chi connectivity index (χ0n) is 23.9. The highest BCUT2D eigenvalue weighted by atomic mass is 35.5. The smallest absolute Gasteiger partial charge is 0.269 e. The van der Waals surface area contributed by atoms with Crippen LogP contribution in [0.3, 0.4) is 0 Å².